The lowest BCUT2D eigenvalue weighted by molar-refractivity contribution is 0.996. The van der Waals surface area contributed by atoms with Gasteiger partial charge in [-0.25, -0.2) is 9.97 Å². The van der Waals surface area contributed by atoms with Gasteiger partial charge in [-0.15, -0.1) is 0 Å². The quantitative estimate of drug-likeness (QED) is 0.836. The summed E-state index contributed by atoms with van der Waals surface area (Å²) in [7, 11) is 1.96. The fourth-order valence-corrected chi connectivity index (χ4v) is 2.21. The Morgan fingerprint density at radius 1 is 1.05 bits per heavy atom. The maximum atomic E-state index is 9.02. The zero-order chi connectivity index (χ0) is 14.9. The van der Waals surface area contributed by atoms with E-state index in [4.69, 9.17) is 5.26 Å². The highest BCUT2D eigenvalue weighted by molar-refractivity contribution is 5.66. The van der Waals surface area contributed by atoms with Crippen LogP contribution in [0.2, 0.25) is 0 Å². The Balaban J connectivity index is 2.52. The van der Waals surface area contributed by atoms with Crippen LogP contribution in [0.1, 0.15) is 28.2 Å². The zero-order valence-corrected chi connectivity index (χ0v) is 12.5. The van der Waals surface area contributed by atoms with Crippen molar-refractivity contribution in [3.8, 4) is 6.07 Å². The molecule has 1 heterocycles. The molecule has 20 heavy (non-hydrogen) atoms. The van der Waals surface area contributed by atoms with E-state index >= 15 is 0 Å². The molecule has 0 spiro atoms. The largest absolute Gasteiger partial charge is 0.329 e. The van der Waals surface area contributed by atoms with Crippen molar-refractivity contribution < 1.29 is 0 Å². The molecule has 0 amide bonds. The van der Waals surface area contributed by atoms with Gasteiger partial charge in [-0.05, 0) is 50.5 Å². The molecule has 0 unspecified atom stereocenters. The molecule has 0 aliphatic carbocycles. The number of benzene rings is 1. The monoisotopic (exact) mass is 266 g/mol. The van der Waals surface area contributed by atoms with E-state index in [2.05, 4.69) is 48.9 Å². The van der Waals surface area contributed by atoms with Gasteiger partial charge in [0.15, 0.2) is 0 Å². The Morgan fingerprint density at radius 3 is 2.40 bits per heavy atom. The molecule has 1 aromatic heterocycles. The molecule has 0 radical (unpaired) electrons. The zero-order valence-electron chi connectivity index (χ0n) is 12.5. The topological polar surface area (TPSA) is 52.8 Å². The van der Waals surface area contributed by atoms with Crippen molar-refractivity contribution in [2.75, 3.05) is 11.9 Å². The van der Waals surface area contributed by atoms with Gasteiger partial charge >= 0.3 is 0 Å². The maximum Gasteiger partial charge on any atom is 0.146 e. The van der Waals surface area contributed by atoms with Crippen molar-refractivity contribution in [1.82, 2.24) is 9.97 Å². The van der Waals surface area contributed by atoms with Crippen LogP contribution in [0.25, 0.3) is 0 Å². The first kappa shape index (κ1) is 14.0. The van der Waals surface area contributed by atoms with Gasteiger partial charge in [-0.1, -0.05) is 6.07 Å². The van der Waals surface area contributed by atoms with Gasteiger partial charge in [-0.3, -0.25) is 0 Å². The van der Waals surface area contributed by atoms with E-state index in [9.17, 15) is 0 Å². The van der Waals surface area contributed by atoms with Crippen molar-refractivity contribution in [2.24, 2.45) is 0 Å². The van der Waals surface area contributed by atoms with Crippen LogP contribution in [-0.4, -0.2) is 17.0 Å². The highest BCUT2D eigenvalue weighted by Gasteiger charge is 2.12. The SMILES string of the molecule is Cc1nc(C#N)cc(N(C)c2ccc(C)c(C)c2C)n1. The number of aryl methyl sites for hydroxylation is 2. The summed E-state index contributed by atoms with van der Waals surface area (Å²) in [6, 6.07) is 7.97. The summed E-state index contributed by atoms with van der Waals surface area (Å²) in [6.45, 7) is 8.13. The average molecular weight is 266 g/mol. The smallest absolute Gasteiger partial charge is 0.146 e. The Morgan fingerprint density at radius 2 is 1.75 bits per heavy atom. The maximum absolute atomic E-state index is 9.02. The third-order valence-corrected chi connectivity index (χ3v) is 3.67. The van der Waals surface area contributed by atoms with E-state index in [0.717, 1.165) is 11.5 Å². The van der Waals surface area contributed by atoms with Gasteiger partial charge in [0.2, 0.25) is 0 Å². The van der Waals surface area contributed by atoms with Gasteiger partial charge in [-0.2, -0.15) is 5.26 Å². The third kappa shape index (κ3) is 2.48. The lowest BCUT2D eigenvalue weighted by Crippen LogP contribution is -2.14. The molecule has 4 nitrogen and oxygen atoms in total. The number of rotatable bonds is 2. The molecular weight excluding hydrogens is 248 g/mol. The molecule has 1 aromatic carbocycles. The van der Waals surface area contributed by atoms with E-state index in [-0.39, 0.29) is 0 Å². The molecule has 0 aliphatic heterocycles. The second kappa shape index (κ2) is 5.30. The molecule has 4 heteroatoms. The Bertz CT molecular complexity index is 698. The Labute approximate surface area is 119 Å². The molecule has 0 fully saturated rings. The van der Waals surface area contributed by atoms with Crippen molar-refractivity contribution in [3.63, 3.8) is 0 Å². The van der Waals surface area contributed by atoms with Gasteiger partial charge < -0.3 is 4.90 Å². The minimum atomic E-state index is 0.390. The average Bonchev–Trinajstić information content (AvgIpc) is 2.43. The summed E-state index contributed by atoms with van der Waals surface area (Å²) in [5, 5.41) is 9.02. The number of nitrogens with zero attached hydrogens (tertiary/aromatic N) is 4. The molecule has 0 aliphatic rings. The first-order valence-electron chi connectivity index (χ1n) is 6.50. The lowest BCUT2D eigenvalue weighted by Gasteiger charge is -2.22. The standard InChI is InChI=1S/C16H18N4/c1-10-6-7-15(12(3)11(10)2)20(5)16-8-14(9-17)18-13(4)19-16/h6-8H,1-5H3. The molecule has 0 N–H and O–H groups in total. The number of anilines is 2. The van der Waals surface area contributed by atoms with Crippen molar-refractivity contribution in [2.45, 2.75) is 27.7 Å². The van der Waals surface area contributed by atoms with E-state index in [1.54, 1.807) is 13.0 Å². The Hall–Kier alpha value is -2.41. The molecule has 0 bridgehead atoms. The molecule has 102 valence electrons. The second-order valence-electron chi connectivity index (χ2n) is 4.98. The molecular formula is C16H18N4. The van der Waals surface area contributed by atoms with Crippen molar-refractivity contribution >= 4 is 11.5 Å². The van der Waals surface area contributed by atoms with Crippen molar-refractivity contribution in [1.29, 1.82) is 5.26 Å². The van der Waals surface area contributed by atoms with Crippen LogP contribution in [0.4, 0.5) is 11.5 Å². The summed E-state index contributed by atoms with van der Waals surface area (Å²) in [4.78, 5) is 10.5. The van der Waals surface area contributed by atoms with E-state index in [1.165, 1.54) is 16.7 Å². The van der Waals surface area contributed by atoms with Crippen molar-refractivity contribution in [3.05, 3.63) is 46.4 Å². The fraction of sp³-hybridized carbons (Fsp3) is 0.312. The van der Waals surface area contributed by atoms with Gasteiger partial charge in [0, 0.05) is 18.8 Å². The predicted octanol–water partition coefficient (Wildman–Crippen LogP) is 3.35. The van der Waals surface area contributed by atoms with Crippen LogP contribution in [0.5, 0.6) is 0 Å². The first-order valence-corrected chi connectivity index (χ1v) is 6.50. The van der Waals surface area contributed by atoms with Crippen LogP contribution in [0, 0.1) is 39.0 Å². The minimum absolute atomic E-state index is 0.390. The highest BCUT2D eigenvalue weighted by atomic mass is 15.2. The van der Waals surface area contributed by atoms with E-state index < -0.39 is 0 Å². The number of hydrogen-bond donors (Lipinski definition) is 0. The van der Waals surface area contributed by atoms with Crippen LogP contribution in [-0.2, 0) is 0 Å². The first-order chi connectivity index (χ1) is 9.43. The second-order valence-corrected chi connectivity index (χ2v) is 4.98. The third-order valence-electron chi connectivity index (χ3n) is 3.67. The van der Waals surface area contributed by atoms with Gasteiger partial charge in [0.25, 0.3) is 0 Å². The normalized spacial score (nSPS) is 10.2. The summed E-state index contributed by atoms with van der Waals surface area (Å²) in [5.41, 5.74) is 5.26. The summed E-state index contributed by atoms with van der Waals surface area (Å²) < 4.78 is 0. The summed E-state index contributed by atoms with van der Waals surface area (Å²) >= 11 is 0. The van der Waals surface area contributed by atoms with Crippen LogP contribution < -0.4 is 4.90 Å². The molecule has 0 atom stereocenters. The number of nitriles is 1. The highest BCUT2D eigenvalue weighted by Crippen LogP contribution is 2.29. The van der Waals surface area contributed by atoms with Gasteiger partial charge in [0.05, 0.1) is 0 Å². The number of aromatic nitrogens is 2. The molecule has 0 saturated carbocycles. The molecule has 2 aromatic rings. The summed E-state index contributed by atoms with van der Waals surface area (Å²) in [5.74, 6) is 1.34. The van der Waals surface area contributed by atoms with Crippen LogP contribution in [0.3, 0.4) is 0 Å². The Kier molecular flexibility index (Phi) is 3.71. The number of hydrogen-bond acceptors (Lipinski definition) is 4. The van der Waals surface area contributed by atoms with E-state index in [0.29, 0.717) is 11.5 Å². The van der Waals surface area contributed by atoms with Crippen LogP contribution >= 0.6 is 0 Å². The lowest BCUT2D eigenvalue weighted by atomic mass is 10.0. The van der Waals surface area contributed by atoms with Gasteiger partial charge in [0.1, 0.15) is 23.4 Å². The summed E-state index contributed by atoms with van der Waals surface area (Å²) in [6.07, 6.45) is 0. The predicted molar refractivity (Wildman–Crippen MR) is 80.2 cm³/mol. The van der Waals surface area contributed by atoms with E-state index in [1.807, 2.05) is 11.9 Å². The minimum Gasteiger partial charge on any atom is -0.329 e. The molecule has 2 rings (SSSR count). The fourth-order valence-electron chi connectivity index (χ4n) is 2.21. The van der Waals surface area contributed by atoms with Crippen LogP contribution in [0.15, 0.2) is 18.2 Å². The molecule has 0 saturated heterocycles.